The van der Waals surface area contributed by atoms with Crippen LogP contribution >= 0.6 is 0 Å². The Morgan fingerprint density at radius 2 is 2.44 bits per heavy atom. The van der Waals surface area contributed by atoms with E-state index < -0.39 is 5.97 Å². The third-order valence-electron chi connectivity index (χ3n) is 3.03. The standard InChI is InChI=1S/C11H17N3O2/c1-14-7-9(12)10(13-14)11(15)16-6-5-8-3-2-4-8/h7-8H,2-6,12H2,1H3. The van der Waals surface area contributed by atoms with Gasteiger partial charge in [0.05, 0.1) is 12.3 Å². The molecule has 1 heterocycles. The van der Waals surface area contributed by atoms with Crippen LogP contribution in [0.5, 0.6) is 0 Å². The second kappa shape index (κ2) is 4.55. The van der Waals surface area contributed by atoms with E-state index in [1.807, 2.05) is 0 Å². The second-order valence-electron chi connectivity index (χ2n) is 4.33. The van der Waals surface area contributed by atoms with E-state index in [-0.39, 0.29) is 5.69 Å². The molecule has 0 aromatic carbocycles. The van der Waals surface area contributed by atoms with Crippen molar-refractivity contribution in [2.75, 3.05) is 12.3 Å². The molecule has 0 unspecified atom stereocenters. The van der Waals surface area contributed by atoms with Gasteiger partial charge in [-0.05, 0) is 12.3 Å². The number of carbonyl (C=O) groups is 1. The lowest BCUT2D eigenvalue weighted by atomic mass is 9.83. The number of anilines is 1. The van der Waals surface area contributed by atoms with Gasteiger partial charge in [0.2, 0.25) is 0 Å². The quantitative estimate of drug-likeness (QED) is 0.782. The predicted molar refractivity (Wildman–Crippen MR) is 59.9 cm³/mol. The molecular formula is C11H17N3O2. The number of rotatable bonds is 4. The molecule has 16 heavy (non-hydrogen) atoms. The Morgan fingerprint density at radius 3 is 2.94 bits per heavy atom. The molecule has 5 nitrogen and oxygen atoms in total. The van der Waals surface area contributed by atoms with Crippen molar-refractivity contribution in [1.82, 2.24) is 9.78 Å². The van der Waals surface area contributed by atoms with Gasteiger partial charge in [0, 0.05) is 13.2 Å². The molecular weight excluding hydrogens is 206 g/mol. The normalized spacial score (nSPS) is 15.8. The Balaban J connectivity index is 1.80. The number of aryl methyl sites for hydroxylation is 1. The summed E-state index contributed by atoms with van der Waals surface area (Å²) in [5, 5.41) is 3.96. The number of hydrogen-bond acceptors (Lipinski definition) is 4. The van der Waals surface area contributed by atoms with Crippen molar-refractivity contribution < 1.29 is 9.53 Å². The first-order chi connectivity index (χ1) is 7.66. The maximum atomic E-state index is 11.6. The SMILES string of the molecule is Cn1cc(N)c(C(=O)OCCC2CCC2)n1. The highest BCUT2D eigenvalue weighted by atomic mass is 16.5. The summed E-state index contributed by atoms with van der Waals surface area (Å²) in [5.74, 6) is 0.325. The van der Waals surface area contributed by atoms with E-state index in [2.05, 4.69) is 5.10 Å². The molecule has 0 spiro atoms. The van der Waals surface area contributed by atoms with E-state index in [1.165, 1.54) is 23.9 Å². The molecule has 0 saturated heterocycles. The highest BCUT2D eigenvalue weighted by molar-refractivity contribution is 5.92. The Kier molecular flexibility index (Phi) is 3.12. The third-order valence-corrected chi connectivity index (χ3v) is 3.03. The van der Waals surface area contributed by atoms with E-state index in [9.17, 15) is 4.79 Å². The van der Waals surface area contributed by atoms with Gasteiger partial charge in [-0.1, -0.05) is 19.3 Å². The molecule has 1 aromatic rings. The van der Waals surface area contributed by atoms with Crippen LogP contribution < -0.4 is 5.73 Å². The smallest absolute Gasteiger partial charge is 0.361 e. The lowest BCUT2D eigenvalue weighted by Gasteiger charge is -2.24. The summed E-state index contributed by atoms with van der Waals surface area (Å²) in [6, 6.07) is 0. The fourth-order valence-corrected chi connectivity index (χ4v) is 1.83. The molecule has 2 N–H and O–H groups in total. The number of nitrogen functional groups attached to an aromatic ring is 1. The lowest BCUT2D eigenvalue weighted by Crippen LogP contribution is -2.16. The minimum atomic E-state index is -0.419. The van der Waals surface area contributed by atoms with Crippen molar-refractivity contribution in [3.63, 3.8) is 0 Å². The van der Waals surface area contributed by atoms with Crippen molar-refractivity contribution in [3.8, 4) is 0 Å². The van der Waals surface area contributed by atoms with Crippen molar-refractivity contribution in [1.29, 1.82) is 0 Å². The van der Waals surface area contributed by atoms with Gasteiger partial charge in [-0.25, -0.2) is 4.79 Å². The fourth-order valence-electron chi connectivity index (χ4n) is 1.83. The Labute approximate surface area is 94.6 Å². The Hall–Kier alpha value is -1.52. The average Bonchev–Trinajstić information content (AvgIpc) is 2.49. The van der Waals surface area contributed by atoms with E-state index in [0.717, 1.165) is 12.3 Å². The average molecular weight is 223 g/mol. The zero-order valence-corrected chi connectivity index (χ0v) is 9.48. The van der Waals surface area contributed by atoms with Crippen LogP contribution in [0.1, 0.15) is 36.2 Å². The molecule has 1 aromatic heterocycles. The van der Waals surface area contributed by atoms with Gasteiger partial charge in [0.1, 0.15) is 0 Å². The molecule has 1 saturated carbocycles. The summed E-state index contributed by atoms with van der Waals surface area (Å²) < 4.78 is 6.65. The van der Waals surface area contributed by atoms with Gasteiger partial charge < -0.3 is 10.5 Å². The zero-order chi connectivity index (χ0) is 11.5. The van der Waals surface area contributed by atoms with Crippen molar-refractivity contribution in [2.45, 2.75) is 25.7 Å². The monoisotopic (exact) mass is 223 g/mol. The van der Waals surface area contributed by atoms with Gasteiger partial charge in [0.15, 0.2) is 5.69 Å². The Morgan fingerprint density at radius 1 is 1.69 bits per heavy atom. The van der Waals surface area contributed by atoms with Crippen LogP contribution in [0.4, 0.5) is 5.69 Å². The number of nitrogens with zero attached hydrogens (tertiary/aromatic N) is 2. The third kappa shape index (κ3) is 2.35. The van der Waals surface area contributed by atoms with Crippen LogP contribution in [0.3, 0.4) is 0 Å². The van der Waals surface area contributed by atoms with Crippen molar-refractivity contribution in [3.05, 3.63) is 11.9 Å². The zero-order valence-electron chi connectivity index (χ0n) is 9.48. The molecule has 5 heteroatoms. The first-order valence-corrected chi connectivity index (χ1v) is 5.63. The summed E-state index contributed by atoms with van der Waals surface area (Å²) in [5.41, 5.74) is 6.22. The number of nitrogens with two attached hydrogens (primary N) is 1. The van der Waals surface area contributed by atoms with Crippen LogP contribution in [0.2, 0.25) is 0 Å². The number of esters is 1. The van der Waals surface area contributed by atoms with Gasteiger partial charge in [0.25, 0.3) is 0 Å². The number of hydrogen-bond donors (Lipinski definition) is 1. The van der Waals surface area contributed by atoms with Crippen molar-refractivity contribution >= 4 is 11.7 Å². The summed E-state index contributed by atoms with van der Waals surface area (Å²) in [6.07, 6.45) is 6.40. The Bertz CT molecular complexity index is 383. The molecule has 1 fully saturated rings. The van der Waals surface area contributed by atoms with Crippen molar-refractivity contribution in [2.24, 2.45) is 13.0 Å². The first kappa shape index (κ1) is 11.0. The van der Waals surface area contributed by atoms with Gasteiger partial charge in [-0.3, -0.25) is 4.68 Å². The highest BCUT2D eigenvalue weighted by Gasteiger charge is 2.19. The van der Waals surface area contributed by atoms with Crippen LogP contribution in [0, 0.1) is 5.92 Å². The molecule has 2 rings (SSSR count). The first-order valence-electron chi connectivity index (χ1n) is 5.63. The predicted octanol–water partition coefficient (Wildman–Crippen LogP) is 1.35. The number of ether oxygens (including phenoxy) is 1. The number of aromatic nitrogens is 2. The summed E-state index contributed by atoms with van der Waals surface area (Å²) in [4.78, 5) is 11.6. The highest BCUT2D eigenvalue weighted by Crippen LogP contribution is 2.29. The number of carbonyl (C=O) groups excluding carboxylic acids is 1. The van der Waals surface area contributed by atoms with Crippen LogP contribution in [-0.2, 0) is 11.8 Å². The van der Waals surface area contributed by atoms with E-state index in [1.54, 1.807) is 13.2 Å². The maximum absolute atomic E-state index is 11.6. The minimum Gasteiger partial charge on any atom is -0.461 e. The molecule has 88 valence electrons. The summed E-state index contributed by atoms with van der Waals surface area (Å²) >= 11 is 0. The fraction of sp³-hybridized carbons (Fsp3) is 0.636. The van der Waals surface area contributed by atoms with Gasteiger partial charge >= 0.3 is 5.97 Å². The van der Waals surface area contributed by atoms with Gasteiger partial charge in [-0.2, -0.15) is 5.10 Å². The molecule has 0 bridgehead atoms. The van der Waals surface area contributed by atoms with Crippen LogP contribution in [0.25, 0.3) is 0 Å². The summed E-state index contributed by atoms with van der Waals surface area (Å²) in [7, 11) is 1.72. The molecule has 1 aliphatic carbocycles. The molecule has 0 atom stereocenters. The molecule has 1 aliphatic rings. The topological polar surface area (TPSA) is 70.1 Å². The van der Waals surface area contributed by atoms with Gasteiger partial charge in [-0.15, -0.1) is 0 Å². The largest absolute Gasteiger partial charge is 0.461 e. The maximum Gasteiger partial charge on any atom is 0.361 e. The summed E-state index contributed by atoms with van der Waals surface area (Å²) in [6.45, 7) is 0.472. The van der Waals surface area contributed by atoms with Crippen LogP contribution in [0.15, 0.2) is 6.20 Å². The second-order valence-corrected chi connectivity index (χ2v) is 4.33. The van der Waals surface area contributed by atoms with E-state index in [4.69, 9.17) is 10.5 Å². The molecule has 0 radical (unpaired) electrons. The minimum absolute atomic E-state index is 0.219. The van der Waals surface area contributed by atoms with Crippen LogP contribution in [-0.4, -0.2) is 22.4 Å². The lowest BCUT2D eigenvalue weighted by molar-refractivity contribution is 0.0458. The molecule has 0 amide bonds. The molecule has 0 aliphatic heterocycles. The van der Waals surface area contributed by atoms with E-state index >= 15 is 0 Å². The van der Waals surface area contributed by atoms with E-state index in [0.29, 0.717) is 12.3 Å².